The number of methoxy groups -OCH3 is 1. The minimum Gasteiger partial charge on any atom is -0.481 e. The monoisotopic (exact) mass is 498 g/mol. The molecule has 0 radical (unpaired) electrons. The van der Waals surface area contributed by atoms with Gasteiger partial charge in [-0.1, -0.05) is 89.7 Å². The molecular weight excluding hydrogens is 448 g/mol. The van der Waals surface area contributed by atoms with Crippen molar-refractivity contribution in [1.29, 1.82) is 0 Å². The zero-order chi connectivity index (χ0) is 25.2. The molecule has 3 atom stereocenters. The lowest BCUT2D eigenvalue weighted by Gasteiger charge is -2.44. The number of allylic oxidation sites excluding steroid dienone is 1. The lowest BCUT2D eigenvalue weighted by molar-refractivity contribution is -0.140. The highest BCUT2D eigenvalue weighted by molar-refractivity contribution is 8.00. The molecule has 1 saturated carbocycles. The highest BCUT2D eigenvalue weighted by atomic mass is 32.2. The summed E-state index contributed by atoms with van der Waals surface area (Å²) in [6, 6.07) is 0. The van der Waals surface area contributed by atoms with Crippen molar-refractivity contribution in [1.82, 2.24) is 0 Å². The molecule has 0 amide bonds. The van der Waals surface area contributed by atoms with E-state index >= 15 is 0 Å². The molecule has 0 saturated heterocycles. The number of carboxylic acid groups (broad SMARTS) is 1. The number of hydrogen-bond acceptors (Lipinski definition) is 5. The number of aliphatic hydroxyl groups is 1. The molecule has 1 fully saturated rings. The number of aliphatic carboxylic acids is 1. The first-order valence-electron chi connectivity index (χ1n) is 13.6. The van der Waals surface area contributed by atoms with Crippen molar-refractivity contribution in [2.45, 2.75) is 134 Å². The average Bonchev–Trinajstić information content (AvgIpc) is 2.82. The molecule has 1 aliphatic rings. The molecular formula is C28H50O5S. The maximum atomic E-state index is 11.5. The van der Waals surface area contributed by atoms with Crippen LogP contribution >= 0.6 is 11.8 Å². The van der Waals surface area contributed by atoms with Crippen LogP contribution in [-0.2, 0) is 14.3 Å². The lowest BCUT2D eigenvalue weighted by Crippen LogP contribution is -2.45. The van der Waals surface area contributed by atoms with Gasteiger partial charge in [-0.2, -0.15) is 11.8 Å². The normalized spacial score (nSPS) is 23.8. The van der Waals surface area contributed by atoms with Gasteiger partial charge in [-0.05, 0) is 37.5 Å². The smallest absolute Gasteiger partial charge is 0.306 e. The van der Waals surface area contributed by atoms with E-state index in [1.54, 1.807) is 11.8 Å². The molecule has 198 valence electrons. The highest BCUT2D eigenvalue weighted by Crippen LogP contribution is 2.46. The van der Waals surface area contributed by atoms with Crippen LogP contribution in [0.15, 0.2) is 11.6 Å². The molecule has 0 unspecified atom stereocenters. The molecule has 0 heterocycles. The fraction of sp³-hybridized carbons (Fsp3) is 0.857. The summed E-state index contributed by atoms with van der Waals surface area (Å²) in [4.78, 5) is 22.6. The van der Waals surface area contributed by atoms with Crippen LogP contribution in [0.2, 0.25) is 0 Å². The van der Waals surface area contributed by atoms with Crippen LogP contribution in [0.5, 0.6) is 0 Å². The first kappa shape index (κ1) is 31.0. The zero-order valence-electron chi connectivity index (χ0n) is 22.0. The molecule has 0 aromatic heterocycles. The summed E-state index contributed by atoms with van der Waals surface area (Å²) in [5.74, 6) is -0.460. The Labute approximate surface area is 212 Å². The van der Waals surface area contributed by atoms with Gasteiger partial charge in [0, 0.05) is 12.2 Å². The van der Waals surface area contributed by atoms with Gasteiger partial charge in [-0.3, -0.25) is 9.59 Å². The quantitative estimate of drug-likeness (QED) is 0.110. The highest BCUT2D eigenvalue weighted by Gasteiger charge is 2.43. The second-order valence-electron chi connectivity index (χ2n) is 10.2. The number of hydrogen-bond donors (Lipinski definition) is 2. The average molecular weight is 499 g/mol. The Morgan fingerprint density at radius 3 is 2.18 bits per heavy atom. The summed E-state index contributed by atoms with van der Waals surface area (Å²) < 4.78 is 4.75. The van der Waals surface area contributed by atoms with Crippen LogP contribution < -0.4 is 0 Å². The standard InChI is InChI=1S/C28H50O5S/c1-4-5-6-7-8-9-10-11-12-13-14-15-16-23-17-20-28(2,21-18-24(29)30)27(32)26(23)34-22-19-25(31)33-3/h16,26-27,32H,4-15,17-22H2,1-3H3,(H,29,30)/t26-,27+,28-/m0/s1. The minimum absolute atomic E-state index is 0.0743. The van der Waals surface area contributed by atoms with Gasteiger partial charge < -0.3 is 14.9 Å². The third-order valence-corrected chi connectivity index (χ3v) is 8.67. The fourth-order valence-electron chi connectivity index (χ4n) is 4.84. The van der Waals surface area contributed by atoms with Crippen LogP contribution in [0.4, 0.5) is 0 Å². The van der Waals surface area contributed by atoms with Crippen molar-refractivity contribution in [2.75, 3.05) is 12.9 Å². The van der Waals surface area contributed by atoms with E-state index in [-0.39, 0.29) is 17.6 Å². The second kappa shape index (κ2) is 18.3. The van der Waals surface area contributed by atoms with Crippen molar-refractivity contribution in [3.05, 3.63) is 11.6 Å². The largest absolute Gasteiger partial charge is 0.481 e. The SMILES string of the molecule is CCCCCCCCCCCCCC=C1CC[C@@](C)(CCC(=O)O)[C@H](O)[C@H]1SCCC(=O)OC. The number of ether oxygens (including phenoxy) is 1. The second-order valence-corrected chi connectivity index (χ2v) is 11.5. The van der Waals surface area contributed by atoms with Crippen LogP contribution in [-0.4, -0.2) is 46.4 Å². The summed E-state index contributed by atoms with van der Waals surface area (Å²) in [6.07, 6.45) is 19.9. The molecule has 0 spiro atoms. The topological polar surface area (TPSA) is 83.8 Å². The Morgan fingerprint density at radius 1 is 1.03 bits per heavy atom. The van der Waals surface area contributed by atoms with Gasteiger partial charge in [0.05, 0.1) is 24.9 Å². The minimum atomic E-state index is -0.818. The van der Waals surface area contributed by atoms with Gasteiger partial charge in [0.25, 0.3) is 0 Å². The molecule has 34 heavy (non-hydrogen) atoms. The molecule has 0 aromatic carbocycles. The van der Waals surface area contributed by atoms with Gasteiger partial charge in [0.15, 0.2) is 0 Å². The van der Waals surface area contributed by atoms with Gasteiger partial charge in [0.2, 0.25) is 0 Å². The van der Waals surface area contributed by atoms with E-state index in [0.717, 1.165) is 19.3 Å². The number of unbranched alkanes of at least 4 members (excludes halogenated alkanes) is 11. The van der Waals surface area contributed by atoms with E-state index in [4.69, 9.17) is 9.84 Å². The number of carbonyl (C=O) groups is 2. The molecule has 0 aliphatic heterocycles. The summed E-state index contributed by atoms with van der Waals surface area (Å²) in [5, 5.41) is 20.3. The van der Waals surface area contributed by atoms with Crippen LogP contribution in [0, 0.1) is 5.41 Å². The number of aliphatic hydroxyl groups excluding tert-OH is 1. The molecule has 1 aliphatic carbocycles. The third kappa shape index (κ3) is 12.6. The molecule has 0 aromatic rings. The summed E-state index contributed by atoms with van der Waals surface area (Å²) in [7, 11) is 1.39. The number of esters is 1. The number of carbonyl (C=O) groups excluding carboxylic acids is 1. The van der Waals surface area contributed by atoms with Gasteiger partial charge in [0.1, 0.15) is 0 Å². The lowest BCUT2D eigenvalue weighted by atomic mass is 9.68. The Morgan fingerprint density at radius 2 is 1.62 bits per heavy atom. The molecule has 6 heteroatoms. The molecule has 1 rings (SSSR count). The predicted octanol–water partition coefficient (Wildman–Crippen LogP) is 7.30. The van der Waals surface area contributed by atoms with Crippen LogP contribution in [0.1, 0.15) is 123 Å². The third-order valence-electron chi connectivity index (χ3n) is 7.31. The molecule has 0 bridgehead atoms. The van der Waals surface area contributed by atoms with E-state index in [1.165, 1.54) is 83.3 Å². The van der Waals surface area contributed by atoms with E-state index in [1.807, 2.05) is 6.92 Å². The van der Waals surface area contributed by atoms with Crippen molar-refractivity contribution >= 4 is 23.7 Å². The van der Waals surface area contributed by atoms with E-state index in [2.05, 4.69) is 13.0 Å². The summed E-state index contributed by atoms with van der Waals surface area (Å²) in [5.41, 5.74) is 0.858. The van der Waals surface area contributed by atoms with Gasteiger partial charge in [-0.15, -0.1) is 0 Å². The molecule has 5 nitrogen and oxygen atoms in total. The van der Waals surface area contributed by atoms with Crippen molar-refractivity contribution < 1.29 is 24.5 Å². The van der Waals surface area contributed by atoms with E-state index < -0.39 is 17.5 Å². The fourth-order valence-corrected chi connectivity index (χ4v) is 6.31. The maximum Gasteiger partial charge on any atom is 0.306 e. The van der Waals surface area contributed by atoms with Crippen LogP contribution in [0.25, 0.3) is 0 Å². The van der Waals surface area contributed by atoms with E-state index in [0.29, 0.717) is 18.6 Å². The summed E-state index contributed by atoms with van der Waals surface area (Å²) in [6.45, 7) is 4.27. The van der Waals surface area contributed by atoms with Crippen LogP contribution in [0.3, 0.4) is 0 Å². The number of rotatable bonds is 19. The van der Waals surface area contributed by atoms with Crippen molar-refractivity contribution in [3.8, 4) is 0 Å². The van der Waals surface area contributed by atoms with E-state index in [9.17, 15) is 14.7 Å². The Kier molecular flexibility index (Phi) is 16.7. The van der Waals surface area contributed by atoms with Crippen molar-refractivity contribution in [2.24, 2.45) is 5.41 Å². The Bertz CT molecular complexity index is 606. The van der Waals surface area contributed by atoms with Gasteiger partial charge >= 0.3 is 11.9 Å². The Balaban J connectivity index is 2.46. The summed E-state index contributed by atoms with van der Waals surface area (Å²) >= 11 is 1.61. The predicted molar refractivity (Wildman–Crippen MR) is 142 cm³/mol. The Hall–Kier alpha value is -1.01. The zero-order valence-corrected chi connectivity index (χ0v) is 22.8. The first-order valence-corrected chi connectivity index (χ1v) is 14.7. The van der Waals surface area contributed by atoms with Gasteiger partial charge in [-0.25, -0.2) is 0 Å². The van der Waals surface area contributed by atoms with Crippen molar-refractivity contribution in [3.63, 3.8) is 0 Å². The molecule has 2 N–H and O–H groups in total. The first-order chi connectivity index (χ1) is 16.3. The maximum absolute atomic E-state index is 11.5. The number of thioether (sulfide) groups is 1. The number of carboxylic acids is 1.